The van der Waals surface area contributed by atoms with Crippen LogP contribution >= 0.6 is 0 Å². The summed E-state index contributed by atoms with van der Waals surface area (Å²) in [6.07, 6.45) is 9.47. The predicted octanol–water partition coefficient (Wildman–Crippen LogP) is 3.11. The molecule has 0 heterocycles. The van der Waals surface area contributed by atoms with Crippen LogP contribution in [0.15, 0.2) is 0 Å². The Labute approximate surface area is 94.8 Å². The van der Waals surface area contributed by atoms with Crippen LogP contribution in [0.2, 0.25) is 0 Å². The van der Waals surface area contributed by atoms with Gasteiger partial charge in [0.15, 0.2) is 0 Å². The lowest BCUT2D eigenvalue weighted by Crippen LogP contribution is -2.45. The minimum absolute atomic E-state index is 0.438. The van der Waals surface area contributed by atoms with Crippen molar-refractivity contribution in [1.82, 2.24) is 5.32 Å². The van der Waals surface area contributed by atoms with E-state index in [4.69, 9.17) is 4.74 Å². The molecule has 2 heteroatoms. The van der Waals surface area contributed by atoms with Crippen LogP contribution in [0.3, 0.4) is 0 Å². The molecule has 1 fully saturated rings. The molecule has 1 saturated carbocycles. The van der Waals surface area contributed by atoms with Crippen molar-refractivity contribution < 1.29 is 4.74 Å². The number of ether oxygens (including phenoxy) is 1. The maximum Gasteiger partial charge on any atom is 0.0724 e. The normalized spacial score (nSPS) is 28.0. The number of methoxy groups -OCH3 is 1. The van der Waals surface area contributed by atoms with Gasteiger partial charge >= 0.3 is 0 Å². The van der Waals surface area contributed by atoms with Gasteiger partial charge in [-0.25, -0.2) is 0 Å². The van der Waals surface area contributed by atoms with Crippen molar-refractivity contribution in [3.63, 3.8) is 0 Å². The highest BCUT2D eigenvalue weighted by molar-refractivity contribution is 4.82. The Hall–Kier alpha value is -0.0800. The summed E-state index contributed by atoms with van der Waals surface area (Å²) in [5, 5.41) is 3.77. The van der Waals surface area contributed by atoms with E-state index in [1.807, 2.05) is 7.11 Å². The Morgan fingerprint density at radius 1 is 1.13 bits per heavy atom. The van der Waals surface area contributed by atoms with E-state index >= 15 is 0 Å². The molecule has 0 bridgehead atoms. The van der Waals surface area contributed by atoms with Crippen LogP contribution in [0, 0.1) is 0 Å². The summed E-state index contributed by atoms with van der Waals surface area (Å²) in [5.41, 5.74) is 0. The van der Waals surface area contributed by atoms with Gasteiger partial charge in [-0.05, 0) is 25.7 Å². The second-order valence-corrected chi connectivity index (χ2v) is 4.70. The fraction of sp³-hybridized carbons (Fsp3) is 1.00. The SMILES string of the molecule is CCC(CC)NC1CCCCCC1OC. The molecule has 0 spiro atoms. The van der Waals surface area contributed by atoms with Crippen molar-refractivity contribution in [1.29, 1.82) is 0 Å². The molecule has 0 aromatic carbocycles. The number of nitrogens with one attached hydrogen (secondary N) is 1. The van der Waals surface area contributed by atoms with Crippen LogP contribution in [-0.4, -0.2) is 25.3 Å². The van der Waals surface area contributed by atoms with Gasteiger partial charge < -0.3 is 10.1 Å². The lowest BCUT2D eigenvalue weighted by atomic mass is 10.0. The summed E-state index contributed by atoms with van der Waals surface area (Å²) < 4.78 is 5.61. The summed E-state index contributed by atoms with van der Waals surface area (Å²) in [5.74, 6) is 0. The molecule has 1 N–H and O–H groups in total. The van der Waals surface area contributed by atoms with E-state index in [9.17, 15) is 0 Å². The first kappa shape index (κ1) is 13.0. The molecule has 90 valence electrons. The van der Waals surface area contributed by atoms with E-state index in [0.29, 0.717) is 18.2 Å². The standard InChI is InChI=1S/C13H27NO/c1-4-11(5-2)14-12-9-7-6-8-10-13(12)15-3/h11-14H,4-10H2,1-3H3. The van der Waals surface area contributed by atoms with Gasteiger partial charge in [-0.15, -0.1) is 0 Å². The molecule has 0 aromatic rings. The smallest absolute Gasteiger partial charge is 0.0724 e. The van der Waals surface area contributed by atoms with E-state index in [-0.39, 0.29) is 0 Å². The second kappa shape index (κ2) is 7.24. The van der Waals surface area contributed by atoms with E-state index < -0.39 is 0 Å². The van der Waals surface area contributed by atoms with Gasteiger partial charge in [0.2, 0.25) is 0 Å². The number of hydrogen-bond donors (Lipinski definition) is 1. The first-order valence-electron chi connectivity index (χ1n) is 6.60. The zero-order valence-electron chi connectivity index (χ0n) is 10.6. The third-order valence-electron chi connectivity index (χ3n) is 3.69. The van der Waals surface area contributed by atoms with Crippen molar-refractivity contribution >= 4 is 0 Å². The molecule has 0 aliphatic heterocycles. The van der Waals surface area contributed by atoms with Gasteiger partial charge in [0, 0.05) is 19.2 Å². The molecule has 1 aliphatic rings. The lowest BCUT2D eigenvalue weighted by Gasteiger charge is -2.29. The van der Waals surface area contributed by atoms with Crippen LogP contribution in [0.4, 0.5) is 0 Å². The molecule has 2 atom stereocenters. The van der Waals surface area contributed by atoms with Crippen LogP contribution in [0.25, 0.3) is 0 Å². The molecule has 1 aliphatic carbocycles. The van der Waals surface area contributed by atoms with E-state index in [1.165, 1.54) is 44.9 Å². The molecule has 15 heavy (non-hydrogen) atoms. The Morgan fingerprint density at radius 3 is 2.40 bits per heavy atom. The van der Waals surface area contributed by atoms with Crippen molar-refractivity contribution in [3.05, 3.63) is 0 Å². The average Bonchev–Trinajstić information content (AvgIpc) is 2.50. The van der Waals surface area contributed by atoms with Gasteiger partial charge in [0.25, 0.3) is 0 Å². The van der Waals surface area contributed by atoms with Gasteiger partial charge in [-0.1, -0.05) is 33.1 Å². The molecule has 2 unspecified atom stereocenters. The van der Waals surface area contributed by atoms with Gasteiger partial charge in [0.1, 0.15) is 0 Å². The summed E-state index contributed by atoms with van der Waals surface area (Å²) in [7, 11) is 1.86. The molecular weight excluding hydrogens is 186 g/mol. The van der Waals surface area contributed by atoms with Crippen molar-refractivity contribution in [3.8, 4) is 0 Å². The predicted molar refractivity (Wildman–Crippen MR) is 65.2 cm³/mol. The van der Waals surface area contributed by atoms with Crippen molar-refractivity contribution in [2.75, 3.05) is 7.11 Å². The highest BCUT2D eigenvalue weighted by atomic mass is 16.5. The average molecular weight is 213 g/mol. The Kier molecular flexibility index (Phi) is 6.26. The largest absolute Gasteiger partial charge is 0.380 e. The molecule has 0 amide bonds. The minimum atomic E-state index is 0.438. The summed E-state index contributed by atoms with van der Waals surface area (Å²) in [4.78, 5) is 0. The minimum Gasteiger partial charge on any atom is -0.380 e. The monoisotopic (exact) mass is 213 g/mol. The van der Waals surface area contributed by atoms with Gasteiger partial charge in [-0.2, -0.15) is 0 Å². The van der Waals surface area contributed by atoms with Crippen LogP contribution in [-0.2, 0) is 4.74 Å². The summed E-state index contributed by atoms with van der Waals surface area (Å²) in [6, 6.07) is 1.26. The quantitative estimate of drug-likeness (QED) is 0.709. The van der Waals surface area contributed by atoms with E-state index in [1.54, 1.807) is 0 Å². The maximum absolute atomic E-state index is 5.61. The fourth-order valence-corrected chi connectivity index (χ4v) is 2.57. The molecule has 0 radical (unpaired) electrons. The van der Waals surface area contributed by atoms with Crippen LogP contribution in [0.1, 0.15) is 58.8 Å². The van der Waals surface area contributed by atoms with Crippen molar-refractivity contribution in [2.45, 2.75) is 77.0 Å². The van der Waals surface area contributed by atoms with Gasteiger partial charge in [0.05, 0.1) is 6.10 Å². The second-order valence-electron chi connectivity index (χ2n) is 4.70. The Balaban J connectivity index is 2.46. The molecule has 0 saturated heterocycles. The first-order valence-corrected chi connectivity index (χ1v) is 6.60. The number of rotatable bonds is 5. The third kappa shape index (κ3) is 4.12. The van der Waals surface area contributed by atoms with E-state index in [0.717, 1.165) is 0 Å². The molecular formula is C13H27NO. The zero-order valence-corrected chi connectivity index (χ0v) is 10.6. The van der Waals surface area contributed by atoms with Crippen LogP contribution < -0.4 is 5.32 Å². The zero-order chi connectivity index (χ0) is 11.1. The van der Waals surface area contributed by atoms with Crippen LogP contribution in [0.5, 0.6) is 0 Å². The first-order chi connectivity index (χ1) is 7.31. The summed E-state index contributed by atoms with van der Waals surface area (Å²) in [6.45, 7) is 4.53. The molecule has 1 rings (SSSR count). The Morgan fingerprint density at radius 2 is 1.80 bits per heavy atom. The highest BCUT2D eigenvalue weighted by Crippen LogP contribution is 2.21. The highest BCUT2D eigenvalue weighted by Gasteiger charge is 2.24. The topological polar surface area (TPSA) is 21.3 Å². The van der Waals surface area contributed by atoms with E-state index in [2.05, 4.69) is 19.2 Å². The third-order valence-corrected chi connectivity index (χ3v) is 3.69. The maximum atomic E-state index is 5.61. The lowest BCUT2D eigenvalue weighted by molar-refractivity contribution is 0.0585. The Bertz CT molecular complexity index is 157. The molecule has 0 aromatic heterocycles. The molecule has 2 nitrogen and oxygen atoms in total. The fourth-order valence-electron chi connectivity index (χ4n) is 2.57. The van der Waals surface area contributed by atoms with Crippen molar-refractivity contribution in [2.24, 2.45) is 0 Å². The number of hydrogen-bond acceptors (Lipinski definition) is 2. The van der Waals surface area contributed by atoms with Gasteiger partial charge in [-0.3, -0.25) is 0 Å². The summed E-state index contributed by atoms with van der Waals surface area (Å²) >= 11 is 0.